The minimum atomic E-state index is 0.174. The Bertz CT molecular complexity index is 147. The van der Waals surface area contributed by atoms with Crippen molar-refractivity contribution in [3.05, 3.63) is 0 Å². The van der Waals surface area contributed by atoms with Crippen molar-refractivity contribution in [2.75, 3.05) is 20.3 Å². The molecule has 0 bridgehead atoms. The van der Waals surface area contributed by atoms with Crippen LogP contribution in [0, 0.1) is 0 Å². The smallest absolute Gasteiger partial charge is 0.0784 e. The summed E-state index contributed by atoms with van der Waals surface area (Å²) in [7, 11) is 1.72. The molecule has 3 nitrogen and oxygen atoms in total. The van der Waals surface area contributed by atoms with E-state index >= 15 is 0 Å². The first kappa shape index (κ1) is 15.9. The van der Waals surface area contributed by atoms with Crippen molar-refractivity contribution in [2.45, 2.75) is 65.2 Å². The second-order valence-electron chi connectivity index (χ2n) is 4.30. The third-order valence-electron chi connectivity index (χ3n) is 2.73. The zero-order valence-corrected chi connectivity index (χ0v) is 11.6. The van der Waals surface area contributed by atoms with Crippen molar-refractivity contribution in [1.82, 2.24) is 5.32 Å². The molecule has 0 aliphatic carbocycles. The fraction of sp³-hybridized carbons (Fsp3) is 1.00. The molecule has 16 heavy (non-hydrogen) atoms. The van der Waals surface area contributed by atoms with Crippen molar-refractivity contribution in [3.63, 3.8) is 0 Å². The highest BCUT2D eigenvalue weighted by Gasteiger charge is 2.21. The van der Waals surface area contributed by atoms with Gasteiger partial charge in [-0.1, -0.05) is 27.2 Å². The van der Waals surface area contributed by atoms with Crippen LogP contribution in [0.15, 0.2) is 0 Å². The number of rotatable bonds is 10. The van der Waals surface area contributed by atoms with E-state index in [0.717, 1.165) is 13.0 Å². The summed E-state index contributed by atoms with van der Waals surface area (Å²) in [6.45, 7) is 10.3. The minimum absolute atomic E-state index is 0.174. The van der Waals surface area contributed by atoms with Crippen LogP contribution >= 0.6 is 0 Å². The van der Waals surface area contributed by atoms with E-state index in [-0.39, 0.29) is 6.10 Å². The van der Waals surface area contributed by atoms with Gasteiger partial charge in [-0.3, -0.25) is 0 Å². The number of nitrogens with one attached hydrogen (secondary N) is 1. The zero-order chi connectivity index (χ0) is 12.4. The Kier molecular flexibility index (Phi) is 9.99. The molecule has 0 aromatic heterocycles. The highest BCUT2D eigenvalue weighted by molar-refractivity contribution is 4.76. The number of likely N-dealkylation sites (N-methyl/N-ethyl adjacent to an activating group) is 1. The number of hydrogen-bond donors (Lipinski definition) is 1. The van der Waals surface area contributed by atoms with Crippen molar-refractivity contribution >= 4 is 0 Å². The van der Waals surface area contributed by atoms with Gasteiger partial charge < -0.3 is 14.8 Å². The standard InChI is InChI=1S/C13H29NO2/c1-6-9-12(14-8-3)13(7-2)16-11(4)10-15-5/h11-14H,6-10H2,1-5H3. The molecular weight excluding hydrogens is 202 g/mol. The van der Waals surface area contributed by atoms with Crippen molar-refractivity contribution in [1.29, 1.82) is 0 Å². The van der Waals surface area contributed by atoms with Crippen LogP contribution in [0.25, 0.3) is 0 Å². The van der Waals surface area contributed by atoms with Crippen LogP contribution in [0.2, 0.25) is 0 Å². The molecule has 3 unspecified atom stereocenters. The Hall–Kier alpha value is -0.120. The van der Waals surface area contributed by atoms with E-state index in [1.807, 2.05) is 0 Å². The second-order valence-corrected chi connectivity index (χ2v) is 4.30. The van der Waals surface area contributed by atoms with E-state index in [9.17, 15) is 0 Å². The van der Waals surface area contributed by atoms with E-state index in [0.29, 0.717) is 18.8 Å². The highest BCUT2D eigenvalue weighted by Crippen LogP contribution is 2.12. The van der Waals surface area contributed by atoms with E-state index in [1.54, 1.807) is 7.11 Å². The van der Waals surface area contributed by atoms with Gasteiger partial charge in [-0.25, -0.2) is 0 Å². The molecule has 0 aliphatic heterocycles. The van der Waals surface area contributed by atoms with Crippen LogP contribution in [0.5, 0.6) is 0 Å². The molecule has 0 amide bonds. The van der Waals surface area contributed by atoms with Gasteiger partial charge in [-0.15, -0.1) is 0 Å². The van der Waals surface area contributed by atoms with Crippen LogP contribution in [0.3, 0.4) is 0 Å². The van der Waals surface area contributed by atoms with Crippen LogP contribution in [-0.4, -0.2) is 38.5 Å². The Morgan fingerprint density at radius 3 is 2.31 bits per heavy atom. The Morgan fingerprint density at radius 2 is 1.88 bits per heavy atom. The normalized spacial score (nSPS) is 17.1. The van der Waals surface area contributed by atoms with Crippen LogP contribution in [0.4, 0.5) is 0 Å². The molecule has 0 spiro atoms. The molecule has 0 aliphatic rings. The summed E-state index contributed by atoms with van der Waals surface area (Å²) < 4.78 is 11.1. The topological polar surface area (TPSA) is 30.5 Å². The summed E-state index contributed by atoms with van der Waals surface area (Å²) in [6, 6.07) is 0.472. The van der Waals surface area contributed by atoms with Gasteiger partial charge >= 0.3 is 0 Å². The first-order chi connectivity index (χ1) is 7.69. The molecular formula is C13H29NO2. The van der Waals surface area contributed by atoms with Gasteiger partial charge in [0.15, 0.2) is 0 Å². The van der Waals surface area contributed by atoms with Crippen molar-refractivity contribution in [2.24, 2.45) is 0 Å². The third kappa shape index (κ3) is 6.46. The van der Waals surface area contributed by atoms with Gasteiger partial charge in [-0.05, 0) is 26.3 Å². The van der Waals surface area contributed by atoms with E-state index in [4.69, 9.17) is 9.47 Å². The lowest BCUT2D eigenvalue weighted by atomic mass is 10.0. The largest absolute Gasteiger partial charge is 0.382 e. The molecule has 0 aromatic carbocycles. The SMILES string of the molecule is CCCC(NCC)C(CC)OC(C)COC. The molecule has 0 heterocycles. The van der Waals surface area contributed by atoms with Gasteiger partial charge in [-0.2, -0.15) is 0 Å². The zero-order valence-electron chi connectivity index (χ0n) is 11.6. The summed E-state index contributed by atoms with van der Waals surface area (Å²) in [5.74, 6) is 0. The number of methoxy groups -OCH3 is 1. The molecule has 3 heteroatoms. The average molecular weight is 231 g/mol. The van der Waals surface area contributed by atoms with Crippen LogP contribution < -0.4 is 5.32 Å². The number of ether oxygens (including phenoxy) is 2. The van der Waals surface area contributed by atoms with Crippen LogP contribution in [-0.2, 0) is 9.47 Å². The lowest BCUT2D eigenvalue weighted by molar-refractivity contribution is -0.0555. The van der Waals surface area contributed by atoms with Gasteiger partial charge in [0.1, 0.15) is 0 Å². The fourth-order valence-corrected chi connectivity index (χ4v) is 2.04. The van der Waals surface area contributed by atoms with Crippen molar-refractivity contribution < 1.29 is 9.47 Å². The number of hydrogen-bond acceptors (Lipinski definition) is 3. The monoisotopic (exact) mass is 231 g/mol. The van der Waals surface area contributed by atoms with Gasteiger partial charge in [0.25, 0.3) is 0 Å². The van der Waals surface area contributed by atoms with Gasteiger partial charge in [0.2, 0.25) is 0 Å². The predicted molar refractivity (Wildman–Crippen MR) is 68.9 cm³/mol. The van der Waals surface area contributed by atoms with Gasteiger partial charge in [0, 0.05) is 13.2 Å². The molecule has 0 saturated heterocycles. The summed E-state index contributed by atoms with van der Waals surface area (Å²) in [5, 5.41) is 3.52. The second kappa shape index (κ2) is 10.1. The summed E-state index contributed by atoms with van der Waals surface area (Å²) in [4.78, 5) is 0. The van der Waals surface area contributed by atoms with E-state index in [1.165, 1.54) is 12.8 Å². The van der Waals surface area contributed by atoms with E-state index in [2.05, 4.69) is 33.0 Å². The molecule has 3 atom stereocenters. The van der Waals surface area contributed by atoms with Crippen molar-refractivity contribution in [3.8, 4) is 0 Å². The molecule has 1 N–H and O–H groups in total. The Morgan fingerprint density at radius 1 is 1.19 bits per heavy atom. The third-order valence-corrected chi connectivity index (χ3v) is 2.73. The molecule has 0 fully saturated rings. The maximum atomic E-state index is 6.02. The van der Waals surface area contributed by atoms with Crippen LogP contribution in [0.1, 0.15) is 47.0 Å². The van der Waals surface area contributed by atoms with E-state index < -0.39 is 0 Å². The Labute approximate surface area is 101 Å². The lowest BCUT2D eigenvalue weighted by Gasteiger charge is -2.29. The highest BCUT2D eigenvalue weighted by atomic mass is 16.5. The fourth-order valence-electron chi connectivity index (χ4n) is 2.04. The Balaban J connectivity index is 4.17. The molecule has 0 rings (SSSR count). The molecule has 0 aromatic rings. The lowest BCUT2D eigenvalue weighted by Crippen LogP contribution is -2.42. The molecule has 0 radical (unpaired) electrons. The molecule has 98 valence electrons. The maximum absolute atomic E-state index is 6.02. The van der Waals surface area contributed by atoms with Gasteiger partial charge in [0.05, 0.1) is 18.8 Å². The quantitative estimate of drug-likeness (QED) is 0.627. The summed E-state index contributed by atoms with van der Waals surface area (Å²) in [5.41, 5.74) is 0. The first-order valence-corrected chi connectivity index (χ1v) is 6.57. The molecule has 0 saturated carbocycles. The minimum Gasteiger partial charge on any atom is -0.382 e. The summed E-state index contributed by atoms with van der Waals surface area (Å²) in [6.07, 6.45) is 3.88. The maximum Gasteiger partial charge on any atom is 0.0784 e. The first-order valence-electron chi connectivity index (χ1n) is 6.57. The summed E-state index contributed by atoms with van der Waals surface area (Å²) >= 11 is 0. The predicted octanol–water partition coefficient (Wildman–Crippen LogP) is 2.59. The average Bonchev–Trinajstić information content (AvgIpc) is 2.26.